The Morgan fingerprint density at radius 2 is 1.82 bits per heavy atom. The molecule has 1 N–H and O–H groups in total. The molecule has 1 aromatic carbocycles. The largest absolute Gasteiger partial charge is 0.386 e. The highest BCUT2D eigenvalue weighted by Gasteiger charge is 2.45. The van der Waals surface area contributed by atoms with Crippen LogP contribution < -0.4 is 0 Å². The number of sulfone groups is 1. The van der Waals surface area contributed by atoms with Gasteiger partial charge < -0.3 is 5.11 Å². The lowest BCUT2D eigenvalue weighted by Gasteiger charge is -2.31. The van der Waals surface area contributed by atoms with Gasteiger partial charge >= 0.3 is 0 Å². The van der Waals surface area contributed by atoms with Crippen molar-refractivity contribution in [3.8, 4) is 0 Å². The number of aliphatic hydroxyl groups excluding tert-OH is 1. The van der Waals surface area contributed by atoms with Crippen LogP contribution in [0.25, 0.3) is 0 Å². The second-order valence-electron chi connectivity index (χ2n) is 3.86. The molecular weight excluding hydrogens is 304 g/mol. The molecule has 2 atom stereocenters. The van der Waals surface area contributed by atoms with Crippen molar-refractivity contribution in [2.24, 2.45) is 0 Å². The lowest BCUT2D eigenvalue weighted by molar-refractivity contribution is 0.160. The standard InChI is InChI=1S/C12H17BrO3S/c1-3-12(13,17(15,16)4-2)11(14)10-8-6-5-7-9-10/h5-9,11,14H,3-4H2,1-2H3/t11-,12+/m0/s1. The molecule has 0 aliphatic carbocycles. The Morgan fingerprint density at radius 3 is 2.24 bits per heavy atom. The van der Waals surface area contributed by atoms with Crippen molar-refractivity contribution in [3.05, 3.63) is 35.9 Å². The fourth-order valence-corrected chi connectivity index (χ4v) is 4.05. The molecule has 0 aliphatic heterocycles. The topological polar surface area (TPSA) is 54.4 Å². The van der Waals surface area contributed by atoms with Crippen molar-refractivity contribution >= 4 is 25.8 Å². The second kappa shape index (κ2) is 5.50. The number of hydrogen-bond acceptors (Lipinski definition) is 3. The average Bonchev–Trinajstić information content (AvgIpc) is 2.37. The molecule has 5 heteroatoms. The minimum atomic E-state index is -3.39. The van der Waals surface area contributed by atoms with Crippen LogP contribution in [0, 0.1) is 0 Å². The van der Waals surface area contributed by atoms with Gasteiger partial charge in [0.05, 0.1) is 0 Å². The lowest BCUT2D eigenvalue weighted by Crippen LogP contribution is -2.39. The van der Waals surface area contributed by atoms with Crippen molar-refractivity contribution in [2.75, 3.05) is 5.75 Å². The van der Waals surface area contributed by atoms with Gasteiger partial charge in [0.1, 0.15) is 6.10 Å². The molecule has 0 aliphatic rings. The zero-order valence-corrected chi connectivity index (χ0v) is 12.3. The van der Waals surface area contributed by atoms with Crippen LogP contribution in [0.5, 0.6) is 0 Å². The van der Waals surface area contributed by atoms with E-state index in [4.69, 9.17) is 0 Å². The highest BCUT2D eigenvalue weighted by atomic mass is 79.9. The number of hydrogen-bond donors (Lipinski definition) is 1. The molecule has 0 bridgehead atoms. The molecule has 0 radical (unpaired) electrons. The van der Waals surface area contributed by atoms with Crippen LogP contribution in [0.2, 0.25) is 0 Å². The van der Waals surface area contributed by atoms with Crippen LogP contribution in [0.15, 0.2) is 30.3 Å². The van der Waals surface area contributed by atoms with Gasteiger partial charge in [-0.3, -0.25) is 0 Å². The van der Waals surface area contributed by atoms with Crippen LogP contribution in [-0.2, 0) is 9.84 Å². The first-order valence-electron chi connectivity index (χ1n) is 5.53. The van der Waals surface area contributed by atoms with Crippen LogP contribution >= 0.6 is 15.9 Å². The summed E-state index contributed by atoms with van der Waals surface area (Å²) in [5, 5.41) is 10.3. The van der Waals surface area contributed by atoms with E-state index in [0.29, 0.717) is 12.0 Å². The zero-order chi connectivity index (χ0) is 13.1. The number of halogens is 1. The van der Waals surface area contributed by atoms with Crippen molar-refractivity contribution < 1.29 is 13.5 Å². The van der Waals surface area contributed by atoms with Crippen molar-refractivity contribution in [1.29, 1.82) is 0 Å². The van der Waals surface area contributed by atoms with E-state index in [2.05, 4.69) is 15.9 Å². The summed E-state index contributed by atoms with van der Waals surface area (Å²) in [7, 11) is -3.39. The average molecular weight is 321 g/mol. The van der Waals surface area contributed by atoms with Crippen molar-refractivity contribution in [1.82, 2.24) is 0 Å². The SMILES string of the molecule is CC[C@](Br)([C@@H](O)c1ccccc1)S(=O)(=O)CC. The molecule has 1 aromatic rings. The monoisotopic (exact) mass is 320 g/mol. The summed E-state index contributed by atoms with van der Waals surface area (Å²) in [6.07, 6.45) is -0.766. The quantitative estimate of drug-likeness (QED) is 0.848. The van der Waals surface area contributed by atoms with Gasteiger partial charge in [-0.15, -0.1) is 0 Å². The van der Waals surface area contributed by atoms with Gasteiger partial charge in [0.2, 0.25) is 0 Å². The fourth-order valence-electron chi connectivity index (χ4n) is 1.71. The summed E-state index contributed by atoms with van der Waals surface area (Å²) >= 11 is 3.23. The van der Waals surface area contributed by atoms with E-state index in [0.717, 1.165) is 0 Å². The predicted octanol–water partition coefficient (Wildman–Crippen LogP) is 2.66. The fraction of sp³-hybridized carbons (Fsp3) is 0.500. The molecule has 0 unspecified atom stereocenters. The predicted molar refractivity (Wildman–Crippen MR) is 72.8 cm³/mol. The van der Waals surface area contributed by atoms with Crippen LogP contribution in [-0.4, -0.2) is 22.9 Å². The minimum Gasteiger partial charge on any atom is -0.386 e. The maximum absolute atomic E-state index is 12.1. The Balaban J connectivity index is 3.20. The molecule has 0 spiro atoms. The third kappa shape index (κ3) is 2.72. The van der Waals surface area contributed by atoms with E-state index in [1.807, 2.05) is 6.07 Å². The normalized spacial score (nSPS) is 17.4. The highest BCUT2D eigenvalue weighted by molar-refractivity contribution is 9.11. The third-order valence-corrected chi connectivity index (χ3v) is 7.68. The maximum Gasteiger partial charge on any atom is 0.168 e. The first-order valence-corrected chi connectivity index (χ1v) is 7.97. The molecule has 17 heavy (non-hydrogen) atoms. The Morgan fingerprint density at radius 1 is 1.29 bits per heavy atom. The van der Waals surface area contributed by atoms with Gasteiger partial charge in [-0.1, -0.05) is 60.1 Å². The van der Waals surface area contributed by atoms with Gasteiger partial charge in [-0.25, -0.2) is 8.42 Å². The third-order valence-electron chi connectivity index (χ3n) is 2.90. The molecule has 1 rings (SSSR count). The molecule has 0 amide bonds. The summed E-state index contributed by atoms with van der Waals surface area (Å²) in [5.74, 6) is -0.00398. The summed E-state index contributed by atoms with van der Waals surface area (Å²) in [5.41, 5.74) is 0.600. The lowest BCUT2D eigenvalue weighted by atomic mass is 10.1. The Bertz CT molecular complexity index is 458. The Labute approximate surface area is 111 Å². The molecule has 0 saturated carbocycles. The smallest absolute Gasteiger partial charge is 0.168 e. The highest BCUT2D eigenvalue weighted by Crippen LogP contribution is 2.41. The van der Waals surface area contributed by atoms with Crippen molar-refractivity contribution in [3.63, 3.8) is 0 Å². The van der Waals surface area contributed by atoms with E-state index in [9.17, 15) is 13.5 Å². The number of aliphatic hydroxyl groups is 1. The number of alkyl halides is 1. The number of benzene rings is 1. The maximum atomic E-state index is 12.1. The summed E-state index contributed by atoms with van der Waals surface area (Å²) in [4.78, 5) is 0. The van der Waals surface area contributed by atoms with E-state index in [1.165, 1.54) is 0 Å². The van der Waals surface area contributed by atoms with Crippen LogP contribution in [0.4, 0.5) is 0 Å². The van der Waals surface area contributed by atoms with Gasteiger partial charge in [0.15, 0.2) is 13.5 Å². The van der Waals surface area contributed by atoms with Gasteiger partial charge in [0, 0.05) is 5.75 Å². The first-order chi connectivity index (χ1) is 7.89. The van der Waals surface area contributed by atoms with Crippen LogP contribution in [0.3, 0.4) is 0 Å². The van der Waals surface area contributed by atoms with E-state index < -0.39 is 19.6 Å². The van der Waals surface area contributed by atoms with Gasteiger partial charge in [-0.05, 0) is 12.0 Å². The minimum absolute atomic E-state index is 0.00398. The van der Waals surface area contributed by atoms with Crippen LogP contribution in [0.1, 0.15) is 31.9 Å². The molecule has 96 valence electrons. The van der Waals surface area contributed by atoms with Gasteiger partial charge in [-0.2, -0.15) is 0 Å². The Hall–Kier alpha value is -0.390. The van der Waals surface area contributed by atoms with Gasteiger partial charge in [0.25, 0.3) is 0 Å². The molecule has 0 heterocycles. The van der Waals surface area contributed by atoms with E-state index >= 15 is 0 Å². The second-order valence-corrected chi connectivity index (χ2v) is 8.33. The Kier molecular flexibility index (Phi) is 4.75. The van der Waals surface area contributed by atoms with E-state index in [1.54, 1.807) is 38.1 Å². The molecule has 0 aromatic heterocycles. The summed E-state index contributed by atoms with van der Waals surface area (Å²) < 4.78 is 22.8. The molecule has 0 saturated heterocycles. The summed E-state index contributed by atoms with van der Waals surface area (Å²) in [6, 6.07) is 8.83. The molecular formula is C12H17BrO3S. The van der Waals surface area contributed by atoms with E-state index in [-0.39, 0.29) is 5.75 Å². The molecule has 0 fully saturated rings. The summed E-state index contributed by atoms with van der Waals surface area (Å²) in [6.45, 7) is 3.33. The number of rotatable bonds is 5. The van der Waals surface area contributed by atoms with Crippen molar-refractivity contribution in [2.45, 2.75) is 30.0 Å². The molecule has 3 nitrogen and oxygen atoms in total. The zero-order valence-electron chi connectivity index (χ0n) is 9.93. The first kappa shape index (κ1) is 14.7.